The van der Waals surface area contributed by atoms with Gasteiger partial charge in [-0.2, -0.15) is 13.2 Å². The highest BCUT2D eigenvalue weighted by Gasteiger charge is 2.51. The number of rotatable bonds is 4. The van der Waals surface area contributed by atoms with Crippen molar-refractivity contribution in [1.29, 1.82) is 0 Å². The minimum absolute atomic E-state index is 0.140. The van der Waals surface area contributed by atoms with Gasteiger partial charge in [-0.25, -0.2) is 0 Å². The highest BCUT2D eigenvalue weighted by Crippen LogP contribution is 2.56. The topological polar surface area (TPSA) is 44.5 Å². The number of piperazine rings is 1. The molecule has 0 radical (unpaired) electrons. The first-order valence-corrected chi connectivity index (χ1v) is 10.7. The maximum Gasteiger partial charge on any atom is 0.401 e. The van der Waals surface area contributed by atoms with Gasteiger partial charge in [0, 0.05) is 48.6 Å². The molecule has 1 aliphatic heterocycles. The van der Waals surface area contributed by atoms with Gasteiger partial charge < -0.3 is 16.0 Å². The minimum atomic E-state index is -4.15. The van der Waals surface area contributed by atoms with Crippen LogP contribution in [0, 0.1) is 12.3 Å². The molecule has 3 fully saturated rings. The Balaban J connectivity index is 1.36. The van der Waals surface area contributed by atoms with Gasteiger partial charge in [-0.05, 0) is 75.6 Å². The van der Waals surface area contributed by atoms with E-state index in [0.717, 1.165) is 11.4 Å². The minimum Gasteiger partial charge on any atom is -0.382 e. The molecule has 0 amide bonds. The van der Waals surface area contributed by atoms with Crippen LogP contribution in [0.2, 0.25) is 0 Å². The fourth-order valence-electron chi connectivity index (χ4n) is 5.79. The number of halogens is 3. The third-order valence-electron chi connectivity index (χ3n) is 7.15. The molecule has 1 aromatic carbocycles. The molecule has 1 saturated heterocycles. The Labute approximate surface area is 171 Å². The highest BCUT2D eigenvalue weighted by atomic mass is 19.4. The number of nitrogens with one attached hydrogen (secondary N) is 1. The largest absolute Gasteiger partial charge is 0.401 e. The van der Waals surface area contributed by atoms with Crippen molar-refractivity contribution in [2.75, 3.05) is 29.9 Å². The Morgan fingerprint density at radius 1 is 1.10 bits per heavy atom. The summed E-state index contributed by atoms with van der Waals surface area (Å²) in [7, 11) is 0. The molecule has 0 aromatic heterocycles. The maximum absolute atomic E-state index is 12.9. The van der Waals surface area contributed by atoms with Crippen LogP contribution in [0.25, 0.3) is 0 Å². The van der Waals surface area contributed by atoms with Crippen LogP contribution in [-0.2, 0) is 0 Å². The maximum atomic E-state index is 12.9. The molecule has 2 unspecified atom stereocenters. The Morgan fingerprint density at radius 2 is 1.72 bits per heavy atom. The quantitative estimate of drug-likeness (QED) is 0.783. The van der Waals surface area contributed by atoms with Gasteiger partial charge in [0.05, 0.1) is 6.54 Å². The average molecular weight is 411 g/mol. The number of nitrogens with zero attached hydrogens (tertiary/aromatic N) is 2. The van der Waals surface area contributed by atoms with Crippen molar-refractivity contribution in [2.24, 2.45) is 11.1 Å². The summed E-state index contributed by atoms with van der Waals surface area (Å²) in [6.45, 7) is 6.26. The SMILES string of the molecule is Cc1cc(N2CC(C)N(CC(F)(F)F)C(C)C2)ccc1NC1CC2(CC(N)C2)C1. The van der Waals surface area contributed by atoms with Gasteiger partial charge in [0.2, 0.25) is 0 Å². The Hall–Kier alpha value is -1.47. The summed E-state index contributed by atoms with van der Waals surface area (Å²) in [6.07, 6.45) is 0.592. The fraction of sp³-hybridized carbons (Fsp3) is 0.727. The Bertz CT molecular complexity index is 724. The summed E-state index contributed by atoms with van der Waals surface area (Å²) in [6, 6.07) is 7.03. The molecule has 2 aliphatic carbocycles. The molecule has 3 aliphatic rings. The predicted molar refractivity (Wildman–Crippen MR) is 111 cm³/mol. The van der Waals surface area contributed by atoms with Gasteiger partial charge in [0.25, 0.3) is 0 Å². The second-order valence-corrected chi connectivity index (χ2v) is 9.81. The van der Waals surface area contributed by atoms with E-state index < -0.39 is 12.7 Å². The number of hydrogen-bond donors (Lipinski definition) is 2. The summed E-state index contributed by atoms with van der Waals surface area (Å²) < 4.78 is 38.6. The molecule has 2 saturated carbocycles. The van der Waals surface area contributed by atoms with Gasteiger partial charge >= 0.3 is 6.18 Å². The van der Waals surface area contributed by atoms with Crippen molar-refractivity contribution in [3.63, 3.8) is 0 Å². The molecule has 1 aromatic rings. The summed E-state index contributed by atoms with van der Waals surface area (Å²) in [4.78, 5) is 3.78. The van der Waals surface area contributed by atoms with E-state index in [2.05, 4.69) is 35.3 Å². The van der Waals surface area contributed by atoms with Crippen molar-refractivity contribution in [2.45, 2.75) is 76.8 Å². The lowest BCUT2D eigenvalue weighted by molar-refractivity contribution is -0.156. The number of hydrogen-bond acceptors (Lipinski definition) is 4. The third kappa shape index (κ3) is 4.36. The van der Waals surface area contributed by atoms with Crippen LogP contribution in [0.4, 0.5) is 24.5 Å². The van der Waals surface area contributed by atoms with Crippen LogP contribution in [0.1, 0.15) is 45.1 Å². The Morgan fingerprint density at radius 3 is 2.24 bits per heavy atom. The molecule has 0 bridgehead atoms. The highest BCUT2D eigenvalue weighted by molar-refractivity contribution is 5.61. The van der Waals surface area contributed by atoms with Gasteiger partial charge in [-0.1, -0.05) is 0 Å². The van der Waals surface area contributed by atoms with Crippen molar-refractivity contribution in [3.8, 4) is 0 Å². The normalized spacial score (nSPS) is 35.3. The summed E-state index contributed by atoms with van der Waals surface area (Å²) in [5.41, 5.74) is 9.89. The molecule has 3 N–H and O–H groups in total. The van der Waals surface area contributed by atoms with Crippen molar-refractivity contribution >= 4 is 11.4 Å². The predicted octanol–water partition coefficient (Wildman–Crippen LogP) is 4.14. The summed E-state index contributed by atoms with van der Waals surface area (Å²) in [5.74, 6) is 0. The molecular formula is C22H33F3N4. The average Bonchev–Trinajstić information content (AvgIpc) is 2.55. The van der Waals surface area contributed by atoms with E-state index in [1.54, 1.807) is 4.90 Å². The van der Waals surface area contributed by atoms with Crippen LogP contribution in [0.3, 0.4) is 0 Å². The van der Waals surface area contributed by atoms with E-state index in [4.69, 9.17) is 5.73 Å². The zero-order valence-electron chi connectivity index (χ0n) is 17.6. The summed E-state index contributed by atoms with van der Waals surface area (Å²) in [5, 5.41) is 3.67. The zero-order chi connectivity index (χ0) is 21.0. The van der Waals surface area contributed by atoms with Crippen molar-refractivity contribution in [3.05, 3.63) is 23.8 Å². The van der Waals surface area contributed by atoms with Gasteiger partial charge in [-0.3, -0.25) is 4.90 Å². The first-order chi connectivity index (χ1) is 13.5. The second kappa shape index (κ2) is 7.34. The lowest BCUT2D eigenvalue weighted by atomic mass is 9.52. The number of benzene rings is 1. The monoisotopic (exact) mass is 410 g/mol. The molecule has 4 rings (SSSR count). The standard InChI is InChI=1S/C22H33F3N4/c1-14-6-19(28-11-15(2)29(16(3)12-28)13-22(23,24)25)4-5-20(14)27-18-9-21(10-18)7-17(26)8-21/h4-6,15-18,27H,7-13,26H2,1-3H3. The first-order valence-electron chi connectivity index (χ1n) is 10.7. The van der Waals surface area contributed by atoms with Gasteiger partial charge in [-0.15, -0.1) is 0 Å². The van der Waals surface area contributed by atoms with E-state index in [9.17, 15) is 13.2 Å². The van der Waals surface area contributed by atoms with Crippen LogP contribution in [0.15, 0.2) is 18.2 Å². The molecule has 7 heteroatoms. The van der Waals surface area contributed by atoms with Crippen LogP contribution < -0.4 is 16.0 Å². The van der Waals surface area contributed by atoms with Crippen LogP contribution >= 0.6 is 0 Å². The molecule has 29 heavy (non-hydrogen) atoms. The molecule has 2 atom stereocenters. The third-order valence-corrected chi connectivity index (χ3v) is 7.15. The van der Waals surface area contributed by atoms with Crippen molar-refractivity contribution < 1.29 is 13.2 Å². The lowest BCUT2D eigenvalue weighted by Gasteiger charge is -2.57. The zero-order valence-corrected chi connectivity index (χ0v) is 17.6. The van der Waals surface area contributed by atoms with E-state index in [1.807, 2.05) is 13.8 Å². The first kappa shape index (κ1) is 20.8. The van der Waals surface area contributed by atoms with Crippen molar-refractivity contribution in [1.82, 2.24) is 4.90 Å². The van der Waals surface area contributed by atoms with E-state index in [-0.39, 0.29) is 12.1 Å². The van der Waals surface area contributed by atoms with Gasteiger partial charge in [0.1, 0.15) is 0 Å². The lowest BCUT2D eigenvalue weighted by Crippen LogP contribution is -2.58. The van der Waals surface area contributed by atoms with Crippen LogP contribution in [-0.4, -0.2) is 54.9 Å². The summed E-state index contributed by atoms with van der Waals surface area (Å²) >= 11 is 0. The number of anilines is 2. The Kier molecular flexibility index (Phi) is 5.26. The molecular weight excluding hydrogens is 377 g/mol. The number of aryl methyl sites for hydroxylation is 1. The van der Waals surface area contributed by atoms with Crippen LogP contribution in [0.5, 0.6) is 0 Å². The number of alkyl halides is 3. The van der Waals surface area contributed by atoms with E-state index in [1.165, 1.54) is 31.2 Å². The molecule has 4 nitrogen and oxygen atoms in total. The van der Waals surface area contributed by atoms with Gasteiger partial charge in [0.15, 0.2) is 0 Å². The van der Waals surface area contributed by atoms with E-state index in [0.29, 0.717) is 30.6 Å². The molecule has 1 heterocycles. The number of nitrogens with two attached hydrogens (primary N) is 1. The smallest absolute Gasteiger partial charge is 0.382 e. The fourth-order valence-corrected chi connectivity index (χ4v) is 5.79. The molecule has 162 valence electrons. The van der Waals surface area contributed by atoms with E-state index >= 15 is 0 Å². The second-order valence-electron chi connectivity index (χ2n) is 9.81. The molecule has 1 spiro atoms.